The molecule has 2 aromatic rings. The molecule has 0 radical (unpaired) electrons. The highest BCUT2D eigenvalue weighted by Crippen LogP contribution is 2.14. The molecule has 2 aromatic carbocycles. The van der Waals surface area contributed by atoms with Crippen LogP contribution in [-0.2, 0) is 11.3 Å². The molecule has 2 N–H and O–H groups in total. The normalized spacial score (nSPS) is 10.5. The molecule has 0 fully saturated rings. The molecule has 0 saturated heterocycles. The van der Waals surface area contributed by atoms with Crippen molar-refractivity contribution >= 4 is 23.5 Å². The molecule has 24 heavy (non-hydrogen) atoms. The number of anilines is 1. The van der Waals surface area contributed by atoms with Crippen LogP contribution in [0.25, 0.3) is 6.08 Å². The van der Waals surface area contributed by atoms with Crippen LogP contribution in [0.4, 0.5) is 16.2 Å². The summed E-state index contributed by atoms with van der Waals surface area (Å²) in [5.41, 5.74) is 2.02. The smallest absolute Gasteiger partial charge is 0.411 e. The Morgan fingerprint density at radius 1 is 1.25 bits per heavy atom. The van der Waals surface area contributed by atoms with E-state index in [1.165, 1.54) is 24.3 Å². The molecule has 0 heterocycles. The maximum atomic E-state index is 11.8. The van der Waals surface area contributed by atoms with Crippen molar-refractivity contribution < 1.29 is 19.6 Å². The van der Waals surface area contributed by atoms with Gasteiger partial charge in [-0.15, -0.1) is 0 Å². The first-order chi connectivity index (χ1) is 11.6. The topological polar surface area (TPSA) is 102 Å². The zero-order chi connectivity index (χ0) is 17.4. The Morgan fingerprint density at radius 2 is 2.00 bits per heavy atom. The van der Waals surface area contributed by atoms with Gasteiger partial charge in [0.1, 0.15) is 6.61 Å². The Kier molecular flexibility index (Phi) is 6.04. The summed E-state index contributed by atoms with van der Waals surface area (Å²) in [5, 5.41) is 21.9. The monoisotopic (exact) mass is 328 g/mol. The summed E-state index contributed by atoms with van der Waals surface area (Å²) in [6.07, 6.45) is 2.69. The molecule has 7 heteroatoms. The van der Waals surface area contributed by atoms with E-state index in [0.29, 0.717) is 11.3 Å². The van der Waals surface area contributed by atoms with Crippen LogP contribution >= 0.6 is 0 Å². The number of hydrogen-bond acceptors (Lipinski definition) is 5. The minimum Gasteiger partial charge on any atom is -0.444 e. The summed E-state index contributed by atoms with van der Waals surface area (Å²) in [5.74, 6) is 0. The van der Waals surface area contributed by atoms with Gasteiger partial charge in [-0.05, 0) is 35.4 Å². The van der Waals surface area contributed by atoms with E-state index in [2.05, 4.69) is 5.32 Å². The quantitative estimate of drug-likeness (QED) is 0.625. The van der Waals surface area contributed by atoms with Crippen molar-refractivity contribution in [1.29, 1.82) is 0 Å². The van der Waals surface area contributed by atoms with Gasteiger partial charge >= 0.3 is 6.09 Å². The number of benzene rings is 2. The van der Waals surface area contributed by atoms with Gasteiger partial charge in [0, 0.05) is 17.8 Å². The number of non-ortho nitro benzene ring substituents is 1. The fraction of sp³-hybridized carbons (Fsp3) is 0.118. The van der Waals surface area contributed by atoms with Crippen LogP contribution in [0.1, 0.15) is 11.1 Å². The van der Waals surface area contributed by atoms with Crippen molar-refractivity contribution in [2.75, 3.05) is 11.9 Å². The lowest BCUT2D eigenvalue weighted by atomic mass is 10.2. The first-order valence-electron chi connectivity index (χ1n) is 7.13. The molecule has 0 atom stereocenters. The number of hydrogen-bond donors (Lipinski definition) is 2. The average Bonchev–Trinajstić information content (AvgIpc) is 2.59. The molecular weight excluding hydrogens is 312 g/mol. The minimum absolute atomic E-state index is 0.00787. The molecule has 1 amide bonds. The number of carbonyl (C=O) groups is 1. The largest absolute Gasteiger partial charge is 0.444 e. The molecule has 0 spiro atoms. The summed E-state index contributed by atoms with van der Waals surface area (Å²) >= 11 is 0. The summed E-state index contributed by atoms with van der Waals surface area (Å²) in [6.45, 7) is -0.0527. The number of rotatable bonds is 6. The number of nitrogens with zero attached hydrogens (tertiary/aromatic N) is 1. The van der Waals surface area contributed by atoms with E-state index in [0.717, 1.165) is 5.56 Å². The summed E-state index contributed by atoms with van der Waals surface area (Å²) in [7, 11) is 0. The van der Waals surface area contributed by atoms with Crippen molar-refractivity contribution in [2.45, 2.75) is 6.61 Å². The van der Waals surface area contributed by atoms with Gasteiger partial charge in [-0.3, -0.25) is 15.4 Å². The van der Waals surface area contributed by atoms with Crippen molar-refractivity contribution in [3.05, 3.63) is 75.8 Å². The second-order valence-electron chi connectivity index (χ2n) is 4.84. The third-order valence-electron chi connectivity index (χ3n) is 3.07. The van der Waals surface area contributed by atoms with E-state index in [1.54, 1.807) is 30.4 Å². The van der Waals surface area contributed by atoms with Gasteiger partial charge in [-0.25, -0.2) is 4.79 Å². The van der Waals surface area contributed by atoms with Gasteiger partial charge in [-0.1, -0.05) is 24.3 Å². The molecule has 0 aromatic heterocycles. The van der Waals surface area contributed by atoms with Crippen LogP contribution in [-0.4, -0.2) is 22.7 Å². The maximum Gasteiger partial charge on any atom is 0.411 e. The van der Waals surface area contributed by atoms with Gasteiger partial charge in [-0.2, -0.15) is 0 Å². The number of ether oxygens (including phenoxy) is 1. The fourth-order valence-corrected chi connectivity index (χ4v) is 1.93. The number of nitrogens with one attached hydrogen (secondary N) is 1. The molecule has 0 saturated carbocycles. The van der Waals surface area contributed by atoms with E-state index >= 15 is 0 Å². The van der Waals surface area contributed by atoms with Crippen LogP contribution < -0.4 is 5.32 Å². The highest BCUT2D eigenvalue weighted by atomic mass is 16.6. The first-order valence-corrected chi connectivity index (χ1v) is 7.13. The number of aliphatic hydroxyl groups is 1. The SMILES string of the molecule is O=C(Nc1cccc(C=CCO)c1)OCc1ccc([N+](=O)[O-])cc1. The number of nitro groups is 1. The second-order valence-corrected chi connectivity index (χ2v) is 4.84. The molecule has 0 bridgehead atoms. The highest BCUT2D eigenvalue weighted by molar-refractivity contribution is 5.85. The minimum atomic E-state index is -0.628. The Bertz CT molecular complexity index is 741. The second kappa shape index (κ2) is 8.44. The zero-order valence-corrected chi connectivity index (χ0v) is 12.7. The Labute approximate surface area is 138 Å². The van der Waals surface area contributed by atoms with Crippen LogP contribution in [0.2, 0.25) is 0 Å². The van der Waals surface area contributed by atoms with Crippen LogP contribution in [0.5, 0.6) is 0 Å². The van der Waals surface area contributed by atoms with E-state index in [9.17, 15) is 14.9 Å². The van der Waals surface area contributed by atoms with Crippen molar-refractivity contribution in [1.82, 2.24) is 0 Å². The predicted molar refractivity (Wildman–Crippen MR) is 89.5 cm³/mol. The molecule has 7 nitrogen and oxygen atoms in total. The summed E-state index contributed by atoms with van der Waals surface area (Å²) in [6, 6.07) is 12.8. The third-order valence-corrected chi connectivity index (χ3v) is 3.07. The van der Waals surface area contributed by atoms with Gasteiger partial charge < -0.3 is 9.84 Å². The summed E-state index contributed by atoms with van der Waals surface area (Å²) in [4.78, 5) is 21.9. The molecule has 0 aliphatic heterocycles. The maximum absolute atomic E-state index is 11.8. The Hall–Kier alpha value is -3.19. The summed E-state index contributed by atoms with van der Waals surface area (Å²) < 4.78 is 5.08. The van der Waals surface area contributed by atoms with Gasteiger partial charge in [0.2, 0.25) is 0 Å². The molecular formula is C17H16N2O5. The third kappa shape index (κ3) is 5.22. The van der Waals surface area contributed by atoms with E-state index in [1.807, 2.05) is 6.07 Å². The predicted octanol–water partition coefficient (Wildman–Crippen LogP) is 3.35. The molecule has 0 aliphatic rings. The first kappa shape index (κ1) is 17.2. The van der Waals surface area contributed by atoms with Crippen molar-refractivity contribution in [2.24, 2.45) is 0 Å². The Morgan fingerprint density at radius 3 is 2.67 bits per heavy atom. The van der Waals surface area contributed by atoms with E-state index < -0.39 is 11.0 Å². The van der Waals surface area contributed by atoms with Crippen molar-refractivity contribution in [3.8, 4) is 0 Å². The van der Waals surface area contributed by atoms with Gasteiger partial charge in [0.15, 0.2) is 0 Å². The highest BCUT2D eigenvalue weighted by Gasteiger charge is 2.07. The fourth-order valence-electron chi connectivity index (χ4n) is 1.93. The van der Waals surface area contributed by atoms with Crippen LogP contribution in [0.15, 0.2) is 54.6 Å². The number of aliphatic hydroxyl groups excluding tert-OH is 1. The van der Waals surface area contributed by atoms with E-state index in [4.69, 9.17) is 9.84 Å². The van der Waals surface area contributed by atoms with Crippen LogP contribution in [0, 0.1) is 10.1 Å². The van der Waals surface area contributed by atoms with Gasteiger partial charge in [0.05, 0.1) is 11.5 Å². The average molecular weight is 328 g/mol. The van der Waals surface area contributed by atoms with Gasteiger partial charge in [0.25, 0.3) is 5.69 Å². The number of amides is 1. The number of carbonyl (C=O) groups excluding carboxylic acids is 1. The Balaban J connectivity index is 1.89. The molecule has 124 valence electrons. The zero-order valence-electron chi connectivity index (χ0n) is 12.7. The number of nitro benzene ring substituents is 1. The lowest BCUT2D eigenvalue weighted by molar-refractivity contribution is -0.384. The van der Waals surface area contributed by atoms with E-state index in [-0.39, 0.29) is 18.9 Å². The standard InChI is InChI=1S/C17H16N2O5/c20-10-2-4-13-3-1-5-15(11-13)18-17(21)24-12-14-6-8-16(9-7-14)19(22)23/h1-9,11,20H,10,12H2,(H,18,21). The molecule has 0 unspecified atom stereocenters. The lowest BCUT2D eigenvalue weighted by Crippen LogP contribution is -2.13. The molecule has 0 aliphatic carbocycles. The van der Waals surface area contributed by atoms with Crippen LogP contribution in [0.3, 0.4) is 0 Å². The van der Waals surface area contributed by atoms with Crippen molar-refractivity contribution in [3.63, 3.8) is 0 Å². The lowest BCUT2D eigenvalue weighted by Gasteiger charge is -2.07. The molecule has 2 rings (SSSR count).